The van der Waals surface area contributed by atoms with Gasteiger partial charge in [0, 0.05) is 24.1 Å². The lowest BCUT2D eigenvalue weighted by molar-refractivity contribution is 0.718. The molecular formula is C14H22ClN3. The monoisotopic (exact) mass is 267 g/mol. The predicted molar refractivity (Wildman–Crippen MR) is 76.5 cm³/mol. The van der Waals surface area contributed by atoms with E-state index in [9.17, 15) is 0 Å². The van der Waals surface area contributed by atoms with E-state index in [-0.39, 0.29) is 0 Å². The van der Waals surface area contributed by atoms with Crippen LogP contribution < -0.4 is 4.90 Å². The Kier molecular flexibility index (Phi) is 4.10. The van der Waals surface area contributed by atoms with Crippen LogP contribution >= 0.6 is 11.6 Å². The van der Waals surface area contributed by atoms with Crippen LogP contribution in [-0.2, 0) is 0 Å². The molecule has 2 rings (SSSR count). The van der Waals surface area contributed by atoms with Crippen molar-refractivity contribution in [3.05, 3.63) is 16.5 Å². The van der Waals surface area contributed by atoms with E-state index in [1.54, 1.807) is 0 Å². The lowest BCUT2D eigenvalue weighted by Gasteiger charge is -2.25. The molecule has 0 spiro atoms. The van der Waals surface area contributed by atoms with Crippen LogP contribution in [0.3, 0.4) is 0 Å². The molecule has 0 bridgehead atoms. The van der Waals surface area contributed by atoms with Gasteiger partial charge in [-0.1, -0.05) is 32.4 Å². The maximum Gasteiger partial charge on any atom is 0.137 e. The molecule has 0 amide bonds. The van der Waals surface area contributed by atoms with Crippen molar-refractivity contribution in [3.63, 3.8) is 0 Å². The molecule has 100 valence electrons. The number of anilines is 1. The van der Waals surface area contributed by atoms with Gasteiger partial charge in [-0.25, -0.2) is 9.97 Å². The normalized spacial score (nSPS) is 15.2. The maximum absolute atomic E-state index is 6.25. The first-order valence-electron chi connectivity index (χ1n) is 6.85. The van der Waals surface area contributed by atoms with E-state index >= 15 is 0 Å². The maximum atomic E-state index is 6.25. The highest BCUT2D eigenvalue weighted by atomic mass is 35.5. The third-order valence-corrected chi connectivity index (χ3v) is 3.69. The van der Waals surface area contributed by atoms with Gasteiger partial charge in [0.2, 0.25) is 0 Å². The molecule has 0 radical (unpaired) electrons. The van der Waals surface area contributed by atoms with Crippen molar-refractivity contribution in [2.45, 2.75) is 58.9 Å². The van der Waals surface area contributed by atoms with Gasteiger partial charge in [0.1, 0.15) is 16.8 Å². The molecule has 0 N–H and O–H groups in total. The number of nitrogens with zero attached hydrogens (tertiary/aromatic N) is 3. The van der Waals surface area contributed by atoms with E-state index in [1.807, 2.05) is 6.92 Å². The number of hydrogen-bond acceptors (Lipinski definition) is 3. The zero-order valence-corrected chi connectivity index (χ0v) is 12.5. The SMILES string of the molecule is CCCN(c1nc(C(C)C)nc(Cl)c1C)C1CC1. The van der Waals surface area contributed by atoms with Gasteiger partial charge in [-0.2, -0.15) is 0 Å². The molecule has 18 heavy (non-hydrogen) atoms. The van der Waals surface area contributed by atoms with Crippen LogP contribution in [0, 0.1) is 6.92 Å². The Morgan fingerprint density at radius 1 is 1.33 bits per heavy atom. The number of rotatable bonds is 5. The van der Waals surface area contributed by atoms with E-state index in [2.05, 4.69) is 30.7 Å². The minimum atomic E-state index is 0.310. The van der Waals surface area contributed by atoms with Crippen molar-refractivity contribution < 1.29 is 0 Å². The lowest BCUT2D eigenvalue weighted by atomic mass is 10.2. The molecule has 1 aliphatic carbocycles. The van der Waals surface area contributed by atoms with Crippen molar-refractivity contribution in [2.24, 2.45) is 0 Å². The number of aromatic nitrogens is 2. The highest BCUT2D eigenvalue weighted by Gasteiger charge is 2.31. The van der Waals surface area contributed by atoms with Crippen LogP contribution in [0.15, 0.2) is 0 Å². The van der Waals surface area contributed by atoms with Crippen molar-refractivity contribution >= 4 is 17.4 Å². The average Bonchev–Trinajstić information content (AvgIpc) is 3.13. The molecular weight excluding hydrogens is 246 g/mol. The second-order valence-electron chi connectivity index (χ2n) is 5.40. The molecule has 0 aromatic carbocycles. The Labute approximate surface area is 115 Å². The fourth-order valence-corrected chi connectivity index (χ4v) is 2.29. The van der Waals surface area contributed by atoms with Crippen LogP contribution in [0.25, 0.3) is 0 Å². The van der Waals surface area contributed by atoms with Gasteiger partial charge in [0.25, 0.3) is 0 Å². The summed E-state index contributed by atoms with van der Waals surface area (Å²) >= 11 is 6.25. The quantitative estimate of drug-likeness (QED) is 0.757. The zero-order valence-electron chi connectivity index (χ0n) is 11.7. The fraction of sp³-hybridized carbons (Fsp3) is 0.714. The summed E-state index contributed by atoms with van der Waals surface area (Å²) in [5.41, 5.74) is 1.02. The second kappa shape index (κ2) is 5.43. The average molecular weight is 268 g/mol. The van der Waals surface area contributed by atoms with Crippen molar-refractivity contribution in [1.29, 1.82) is 0 Å². The summed E-state index contributed by atoms with van der Waals surface area (Å²) in [6.07, 6.45) is 3.69. The van der Waals surface area contributed by atoms with Crippen molar-refractivity contribution in [2.75, 3.05) is 11.4 Å². The smallest absolute Gasteiger partial charge is 0.137 e. The molecule has 1 aromatic rings. The topological polar surface area (TPSA) is 29.0 Å². The molecule has 0 aliphatic heterocycles. The summed E-state index contributed by atoms with van der Waals surface area (Å²) < 4.78 is 0. The molecule has 4 heteroatoms. The van der Waals surface area contributed by atoms with E-state index in [0.717, 1.165) is 30.2 Å². The summed E-state index contributed by atoms with van der Waals surface area (Å²) in [5.74, 6) is 2.20. The Bertz CT molecular complexity index is 427. The van der Waals surface area contributed by atoms with Crippen LogP contribution in [0.1, 0.15) is 57.3 Å². The summed E-state index contributed by atoms with van der Waals surface area (Å²) in [6.45, 7) is 9.48. The van der Waals surface area contributed by atoms with Gasteiger partial charge in [-0.15, -0.1) is 0 Å². The van der Waals surface area contributed by atoms with Crippen LogP contribution in [0.2, 0.25) is 5.15 Å². The van der Waals surface area contributed by atoms with Crippen molar-refractivity contribution in [3.8, 4) is 0 Å². The van der Waals surface area contributed by atoms with Gasteiger partial charge in [0.05, 0.1) is 0 Å². The van der Waals surface area contributed by atoms with E-state index in [1.165, 1.54) is 12.8 Å². The molecule has 1 heterocycles. The first kappa shape index (κ1) is 13.6. The number of halogens is 1. The van der Waals surface area contributed by atoms with Gasteiger partial charge in [-0.05, 0) is 26.2 Å². The molecule has 0 saturated heterocycles. The third kappa shape index (κ3) is 2.77. The Morgan fingerprint density at radius 2 is 2.00 bits per heavy atom. The molecule has 0 unspecified atom stereocenters. The van der Waals surface area contributed by atoms with Crippen LogP contribution in [0.4, 0.5) is 5.82 Å². The van der Waals surface area contributed by atoms with Gasteiger partial charge >= 0.3 is 0 Å². The molecule has 1 fully saturated rings. The minimum absolute atomic E-state index is 0.310. The van der Waals surface area contributed by atoms with Crippen LogP contribution in [0.5, 0.6) is 0 Å². The lowest BCUT2D eigenvalue weighted by Crippen LogP contribution is -2.29. The molecule has 1 aromatic heterocycles. The second-order valence-corrected chi connectivity index (χ2v) is 5.76. The molecule has 0 atom stereocenters. The van der Waals surface area contributed by atoms with E-state index in [0.29, 0.717) is 17.1 Å². The largest absolute Gasteiger partial charge is 0.353 e. The van der Waals surface area contributed by atoms with Crippen LogP contribution in [-0.4, -0.2) is 22.6 Å². The Balaban J connectivity index is 2.40. The summed E-state index contributed by atoms with van der Waals surface area (Å²) in [6, 6.07) is 0.662. The standard InChI is InChI=1S/C14H22ClN3/c1-5-8-18(11-6-7-11)14-10(4)12(15)16-13(17-14)9(2)3/h9,11H,5-8H2,1-4H3. The summed E-state index contributed by atoms with van der Waals surface area (Å²) in [4.78, 5) is 11.5. The first-order valence-corrected chi connectivity index (χ1v) is 7.23. The van der Waals surface area contributed by atoms with E-state index < -0.39 is 0 Å². The highest BCUT2D eigenvalue weighted by molar-refractivity contribution is 6.30. The zero-order chi connectivity index (χ0) is 13.3. The van der Waals surface area contributed by atoms with Crippen molar-refractivity contribution in [1.82, 2.24) is 9.97 Å². The third-order valence-electron chi connectivity index (χ3n) is 3.32. The molecule has 1 aliphatic rings. The van der Waals surface area contributed by atoms with Gasteiger partial charge in [0.15, 0.2) is 0 Å². The minimum Gasteiger partial charge on any atom is -0.353 e. The number of hydrogen-bond donors (Lipinski definition) is 0. The van der Waals surface area contributed by atoms with E-state index in [4.69, 9.17) is 16.6 Å². The Hall–Kier alpha value is -0.830. The van der Waals surface area contributed by atoms with Gasteiger partial charge in [-0.3, -0.25) is 0 Å². The molecule has 3 nitrogen and oxygen atoms in total. The Morgan fingerprint density at radius 3 is 2.50 bits per heavy atom. The highest BCUT2D eigenvalue weighted by Crippen LogP contribution is 2.34. The van der Waals surface area contributed by atoms with Gasteiger partial charge < -0.3 is 4.90 Å². The predicted octanol–water partition coefficient (Wildman–Crippen LogP) is 3.94. The first-order chi connectivity index (χ1) is 8.54. The molecule has 1 saturated carbocycles. The summed E-state index contributed by atoms with van der Waals surface area (Å²) in [7, 11) is 0. The fourth-order valence-electron chi connectivity index (χ4n) is 2.12. The summed E-state index contributed by atoms with van der Waals surface area (Å²) in [5, 5.41) is 0.602.